The van der Waals surface area contributed by atoms with Gasteiger partial charge in [-0.25, -0.2) is 4.39 Å². The van der Waals surface area contributed by atoms with Crippen LogP contribution in [0.4, 0.5) is 4.39 Å². The molecule has 5 rings (SSSR count). The molecule has 5 nitrogen and oxygen atoms in total. The fraction of sp³-hybridized carbons (Fsp3) is 0.391. The molecule has 6 heteroatoms. The van der Waals surface area contributed by atoms with Crippen LogP contribution < -0.4 is 5.32 Å². The van der Waals surface area contributed by atoms with Crippen molar-refractivity contribution >= 4 is 0 Å². The minimum atomic E-state index is -0.200. The monoisotopic (exact) mass is 391 g/mol. The van der Waals surface area contributed by atoms with Crippen LogP contribution in [0.25, 0.3) is 11.1 Å². The van der Waals surface area contributed by atoms with E-state index in [0.717, 1.165) is 68.3 Å². The Hall–Kier alpha value is -2.57. The third kappa shape index (κ3) is 3.95. The van der Waals surface area contributed by atoms with E-state index in [9.17, 15) is 4.39 Å². The van der Waals surface area contributed by atoms with Crippen molar-refractivity contribution in [1.29, 1.82) is 0 Å². The summed E-state index contributed by atoms with van der Waals surface area (Å²) >= 11 is 0. The number of hydrogen-bond donors (Lipinski definition) is 1. The van der Waals surface area contributed by atoms with Crippen molar-refractivity contribution in [3.63, 3.8) is 0 Å². The average molecular weight is 391 g/mol. The standard InChI is InChI=1S/C23H26FN5/c24-20-8-6-18(7-9-20)19-4-1-3-17(15-19)16-28-12-10-22-26-27-23(29(22)14-13-28)21-5-2-11-25-21/h1,3-4,6-9,15,21,25H,2,5,10-14,16H2/t21-/m1/s1. The number of nitrogens with one attached hydrogen (secondary N) is 1. The highest BCUT2D eigenvalue weighted by Crippen LogP contribution is 2.24. The molecule has 1 saturated heterocycles. The van der Waals surface area contributed by atoms with Crippen LogP contribution >= 0.6 is 0 Å². The minimum Gasteiger partial charge on any atom is -0.312 e. The van der Waals surface area contributed by atoms with E-state index in [1.165, 1.54) is 24.1 Å². The summed E-state index contributed by atoms with van der Waals surface area (Å²) in [5.74, 6) is 2.02. The summed E-state index contributed by atoms with van der Waals surface area (Å²) < 4.78 is 15.6. The quantitative estimate of drug-likeness (QED) is 0.739. The normalized spacial score (nSPS) is 19.8. The van der Waals surface area contributed by atoms with Gasteiger partial charge in [-0.3, -0.25) is 4.90 Å². The predicted octanol–water partition coefficient (Wildman–Crippen LogP) is 3.57. The van der Waals surface area contributed by atoms with E-state index < -0.39 is 0 Å². The maximum atomic E-state index is 13.2. The summed E-state index contributed by atoms with van der Waals surface area (Å²) in [6, 6.07) is 15.6. The Labute approximate surface area is 170 Å². The first-order valence-electron chi connectivity index (χ1n) is 10.5. The summed E-state index contributed by atoms with van der Waals surface area (Å²) in [5.41, 5.74) is 3.45. The number of hydrogen-bond acceptors (Lipinski definition) is 4. The average Bonchev–Trinajstić information content (AvgIpc) is 3.36. The Morgan fingerprint density at radius 2 is 1.90 bits per heavy atom. The number of rotatable bonds is 4. The molecule has 2 aliphatic rings. The Kier molecular flexibility index (Phi) is 5.12. The zero-order chi connectivity index (χ0) is 19.6. The lowest BCUT2D eigenvalue weighted by molar-refractivity contribution is 0.269. The number of fused-ring (bicyclic) bond motifs is 1. The number of nitrogens with zero attached hydrogens (tertiary/aromatic N) is 4. The van der Waals surface area contributed by atoms with Gasteiger partial charge in [-0.2, -0.15) is 0 Å². The van der Waals surface area contributed by atoms with Gasteiger partial charge in [0.1, 0.15) is 17.5 Å². The molecular weight excluding hydrogens is 365 g/mol. The molecule has 0 unspecified atom stereocenters. The molecule has 0 aliphatic carbocycles. The Morgan fingerprint density at radius 3 is 2.72 bits per heavy atom. The first kappa shape index (κ1) is 18.5. The van der Waals surface area contributed by atoms with Gasteiger partial charge >= 0.3 is 0 Å². The van der Waals surface area contributed by atoms with E-state index in [1.54, 1.807) is 0 Å². The van der Waals surface area contributed by atoms with Gasteiger partial charge in [0, 0.05) is 32.6 Å². The lowest BCUT2D eigenvalue weighted by Gasteiger charge is -2.20. The molecule has 0 spiro atoms. The molecule has 3 heterocycles. The molecule has 1 N–H and O–H groups in total. The van der Waals surface area contributed by atoms with Crippen LogP contribution in [0.5, 0.6) is 0 Å². The fourth-order valence-corrected chi connectivity index (χ4v) is 4.46. The lowest BCUT2D eigenvalue weighted by Crippen LogP contribution is -2.27. The SMILES string of the molecule is Fc1ccc(-c2cccc(CN3CCc4nnc([C@H]5CCCN5)n4CC3)c2)cc1. The minimum absolute atomic E-state index is 0.200. The number of benzene rings is 2. The van der Waals surface area contributed by atoms with Crippen molar-refractivity contribution in [3.8, 4) is 11.1 Å². The van der Waals surface area contributed by atoms with Crippen LogP contribution in [-0.4, -0.2) is 39.3 Å². The number of aromatic nitrogens is 3. The van der Waals surface area contributed by atoms with Crippen molar-refractivity contribution in [2.75, 3.05) is 19.6 Å². The molecule has 2 aliphatic heterocycles. The number of halogens is 1. The molecule has 3 aromatic rings. The summed E-state index contributed by atoms with van der Waals surface area (Å²) in [5, 5.41) is 12.5. The Bertz CT molecular complexity index is 975. The Morgan fingerprint density at radius 1 is 1.00 bits per heavy atom. The van der Waals surface area contributed by atoms with Crippen LogP contribution in [0.15, 0.2) is 48.5 Å². The second-order valence-electron chi connectivity index (χ2n) is 8.01. The van der Waals surface area contributed by atoms with Gasteiger partial charge in [-0.05, 0) is 54.3 Å². The third-order valence-electron chi connectivity index (χ3n) is 6.03. The van der Waals surface area contributed by atoms with Crippen molar-refractivity contribution in [1.82, 2.24) is 25.0 Å². The van der Waals surface area contributed by atoms with E-state index in [-0.39, 0.29) is 5.82 Å². The van der Waals surface area contributed by atoms with E-state index in [2.05, 4.69) is 49.2 Å². The predicted molar refractivity (Wildman–Crippen MR) is 111 cm³/mol. The molecule has 1 aromatic heterocycles. The van der Waals surface area contributed by atoms with E-state index in [1.807, 2.05) is 12.1 Å². The molecule has 0 radical (unpaired) electrons. The molecule has 29 heavy (non-hydrogen) atoms. The first-order chi connectivity index (χ1) is 14.3. The van der Waals surface area contributed by atoms with Crippen LogP contribution in [0, 0.1) is 5.82 Å². The molecule has 0 saturated carbocycles. The summed E-state index contributed by atoms with van der Waals surface area (Å²) in [7, 11) is 0. The van der Waals surface area contributed by atoms with Crippen molar-refractivity contribution in [3.05, 3.63) is 71.6 Å². The molecule has 1 atom stereocenters. The fourth-order valence-electron chi connectivity index (χ4n) is 4.46. The van der Waals surface area contributed by atoms with Crippen molar-refractivity contribution in [2.45, 2.75) is 38.4 Å². The molecule has 1 fully saturated rings. The second kappa shape index (κ2) is 8.05. The summed E-state index contributed by atoms with van der Waals surface area (Å²) in [4.78, 5) is 2.49. The third-order valence-corrected chi connectivity index (χ3v) is 6.03. The van der Waals surface area contributed by atoms with E-state index in [4.69, 9.17) is 0 Å². The molecular formula is C23H26FN5. The Balaban J connectivity index is 1.28. The summed E-state index contributed by atoms with van der Waals surface area (Å²) in [6.45, 7) is 4.89. The van der Waals surface area contributed by atoms with E-state index in [0.29, 0.717) is 6.04 Å². The van der Waals surface area contributed by atoms with Crippen molar-refractivity contribution in [2.24, 2.45) is 0 Å². The molecule has 0 amide bonds. The van der Waals surface area contributed by atoms with Crippen LogP contribution in [0.1, 0.15) is 36.1 Å². The van der Waals surface area contributed by atoms with Crippen molar-refractivity contribution < 1.29 is 4.39 Å². The highest BCUT2D eigenvalue weighted by atomic mass is 19.1. The zero-order valence-electron chi connectivity index (χ0n) is 16.5. The van der Waals surface area contributed by atoms with Crippen LogP contribution in [-0.2, 0) is 19.5 Å². The molecule has 0 bridgehead atoms. The maximum Gasteiger partial charge on any atom is 0.150 e. The second-order valence-corrected chi connectivity index (χ2v) is 8.01. The van der Waals surface area contributed by atoms with Gasteiger partial charge in [0.05, 0.1) is 6.04 Å². The van der Waals surface area contributed by atoms with Gasteiger partial charge in [-0.15, -0.1) is 10.2 Å². The highest BCUT2D eigenvalue weighted by Gasteiger charge is 2.25. The molecule has 150 valence electrons. The van der Waals surface area contributed by atoms with Gasteiger partial charge < -0.3 is 9.88 Å². The lowest BCUT2D eigenvalue weighted by atomic mass is 10.0. The van der Waals surface area contributed by atoms with Gasteiger partial charge in [0.2, 0.25) is 0 Å². The van der Waals surface area contributed by atoms with Gasteiger partial charge in [0.25, 0.3) is 0 Å². The topological polar surface area (TPSA) is 46.0 Å². The van der Waals surface area contributed by atoms with Crippen LogP contribution in [0.2, 0.25) is 0 Å². The molecule has 2 aromatic carbocycles. The first-order valence-corrected chi connectivity index (χ1v) is 10.5. The van der Waals surface area contributed by atoms with Gasteiger partial charge in [-0.1, -0.05) is 30.3 Å². The van der Waals surface area contributed by atoms with Crippen LogP contribution in [0.3, 0.4) is 0 Å². The summed E-state index contributed by atoms with van der Waals surface area (Å²) in [6.07, 6.45) is 3.29. The maximum absolute atomic E-state index is 13.2. The van der Waals surface area contributed by atoms with Gasteiger partial charge in [0.15, 0.2) is 0 Å². The zero-order valence-corrected chi connectivity index (χ0v) is 16.5. The largest absolute Gasteiger partial charge is 0.312 e. The van der Waals surface area contributed by atoms with E-state index >= 15 is 0 Å². The smallest absolute Gasteiger partial charge is 0.150 e. The highest BCUT2D eigenvalue weighted by molar-refractivity contribution is 5.64.